The Hall–Kier alpha value is -2.49. The van der Waals surface area contributed by atoms with Gasteiger partial charge in [0.25, 0.3) is 0 Å². The van der Waals surface area contributed by atoms with E-state index in [2.05, 4.69) is 16.6 Å². The van der Waals surface area contributed by atoms with E-state index in [4.69, 9.17) is 0 Å². The molecule has 4 heteroatoms. The molecule has 1 N–H and O–H groups in total. The first-order valence-corrected chi connectivity index (χ1v) is 7.40. The van der Waals surface area contributed by atoms with Gasteiger partial charge >= 0.3 is 0 Å². The van der Waals surface area contributed by atoms with Crippen LogP contribution in [0.25, 0.3) is 0 Å². The quantitative estimate of drug-likeness (QED) is 0.868. The number of nitrogens with zero attached hydrogens (tertiary/aromatic N) is 1. The number of rotatable bonds is 3. The zero-order valence-electron chi connectivity index (χ0n) is 12.2. The van der Waals surface area contributed by atoms with Crippen LogP contribution in [0.3, 0.4) is 0 Å². The number of hydrogen-bond acceptors (Lipinski definition) is 2. The molecule has 0 aromatic heterocycles. The highest BCUT2D eigenvalue weighted by Crippen LogP contribution is 2.21. The summed E-state index contributed by atoms with van der Waals surface area (Å²) in [6.45, 7) is 0. The Morgan fingerprint density at radius 3 is 2.68 bits per heavy atom. The summed E-state index contributed by atoms with van der Waals surface area (Å²) in [5.41, 5.74) is 6.70. The molecule has 0 fully saturated rings. The number of nitrogens with one attached hydrogen (secondary N) is 1. The minimum Gasteiger partial charge on any atom is -0.273 e. The van der Waals surface area contributed by atoms with Gasteiger partial charge in [0.15, 0.2) is 0 Å². The van der Waals surface area contributed by atoms with E-state index in [-0.39, 0.29) is 18.1 Å². The predicted octanol–water partition coefficient (Wildman–Crippen LogP) is 3.23. The van der Waals surface area contributed by atoms with E-state index in [1.807, 2.05) is 18.2 Å². The summed E-state index contributed by atoms with van der Waals surface area (Å²) in [5, 5.41) is 4.28. The van der Waals surface area contributed by atoms with E-state index in [0.717, 1.165) is 36.1 Å². The lowest BCUT2D eigenvalue weighted by molar-refractivity contribution is -0.120. The third-order valence-electron chi connectivity index (χ3n) is 3.78. The number of amides is 1. The first kappa shape index (κ1) is 14.4. The molecule has 3 nitrogen and oxygen atoms in total. The lowest BCUT2D eigenvalue weighted by atomic mass is 9.90. The molecule has 22 heavy (non-hydrogen) atoms. The maximum absolute atomic E-state index is 12.8. The van der Waals surface area contributed by atoms with E-state index in [9.17, 15) is 9.18 Å². The SMILES string of the molecule is O=C(Cc1ccc(F)cc1)N/N=C1/CCCc2ccccc21. The Kier molecular flexibility index (Phi) is 4.28. The largest absolute Gasteiger partial charge is 0.273 e. The van der Waals surface area contributed by atoms with Crippen LogP contribution in [-0.4, -0.2) is 11.6 Å². The Labute approximate surface area is 128 Å². The van der Waals surface area contributed by atoms with Crippen LogP contribution in [0, 0.1) is 5.82 Å². The van der Waals surface area contributed by atoms with E-state index in [1.54, 1.807) is 12.1 Å². The molecule has 0 saturated heterocycles. The van der Waals surface area contributed by atoms with Crippen LogP contribution in [-0.2, 0) is 17.6 Å². The molecule has 0 atom stereocenters. The fourth-order valence-electron chi connectivity index (χ4n) is 2.67. The van der Waals surface area contributed by atoms with Crippen molar-refractivity contribution in [2.75, 3.05) is 0 Å². The van der Waals surface area contributed by atoms with E-state index >= 15 is 0 Å². The van der Waals surface area contributed by atoms with Crippen molar-refractivity contribution in [3.05, 3.63) is 71.0 Å². The Balaban J connectivity index is 1.67. The van der Waals surface area contributed by atoms with Gasteiger partial charge in [-0.2, -0.15) is 5.10 Å². The molecule has 2 aromatic rings. The maximum Gasteiger partial charge on any atom is 0.244 e. The van der Waals surface area contributed by atoms with Crippen molar-refractivity contribution in [2.45, 2.75) is 25.7 Å². The molecule has 0 aliphatic heterocycles. The van der Waals surface area contributed by atoms with Gasteiger partial charge in [0.05, 0.1) is 12.1 Å². The molecule has 0 unspecified atom stereocenters. The summed E-state index contributed by atoms with van der Waals surface area (Å²) >= 11 is 0. The zero-order chi connectivity index (χ0) is 15.4. The molecular formula is C18H17FN2O. The van der Waals surface area contributed by atoms with Crippen molar-refractivity contribution in [1.82, 2.24) is 5.43 Å². The standard InChI is InChI=1S/C18H17FN2O/c19-15-10-8-13(9-11-15)12-18(22)21-20-17-7-3-5-14-4-1-2-6-16(14)17/h1-2,4,6,8-11H,3,5,7,12H2,(H,21,22)/b20-17-. The first-order chi connectivity index (χ1) is 10.7. The summed E-state index contributed by atoms with van der Waals surface area (Å²) in [6.07, 6.45) is 3.16. The van der Waals surface area contributed by atoms with Gasteiger partial charge in [-0.15, -0.1) is 0 Å². The van der Waals surface area contributed by atoms with Crippen molar-refractivity contribution in [1.29, 1.82) is 0 Å². The van der Waals surface area contributed by atoms with Crippen molar-refractivity contribution in [2.24, 2.45) is 5.10 Å². The molecule has 0 heterocycles. The monoisotopic (exact) mass is 296 g/mol. The topological polar surface area (TPSA) is 41.5 Å². The molecule has 0 spiro atoms. The van der Waals surface area contributed by atoms with E-state index in [1.165, 1.54) is 17.7 Å². The molecule has 1 aliphatic rings. The maximum atomic E-state index is 12.8. The van der Waals surface area contributed by atoms with Crippen molar-refractivity contribution in [3.63, 3.8) is 0 Å². The number of carbonyl (C=O) groups is 1. The van der Waals surface area contributed by atoms with E-state index in [0.29, 0.717) is 0 Å². The fourth-order valence-corrected chi connectivity index (χ4v) is 2.67. The number of hydrogen-bond donors (Lipinski definition) is 1. The first-order valence-electron chi connectivity index (χ1n) is 7.40. The second-order valence-electron chi connectivity index (χ2n) is 5.41. The van der Waals surface area contributed by atoms with Gasteiger partial charge in [-0.05, 0) is 42.5 Å². The van der Waals surface area contributed by atoms with Crippen LogP contribution in [0.2, 0.25) is 0 Å². The summed E-state index contributed by atoms with van der Waals surface area (Å²) in [6, 6.07) is 14.1. The predicted molar refractivity (Wildman–Crippen MR) is 84.2 cm³/mol. The summed E-state index contributed by atoms with van der Waals surface area (Å²) < 4.78 is 12.8. The molecule has 1 aliphatic carbocycles. The Morgan fingerprint density at radius 1 is 1.09 bits per heavy atom. The summed E-state index contributed by atoms with van der Waals surface area (Å²) in [7, 11) is 0. The second-order valence-corrected chi connectivity index (χ2v) is 5.41. The van der Waals surface area contributed by atoms with Gasteiger partial charge in [-0.25, -0.2) is 9.82 Å². The van der Waals surface area contributed by atoms with Crippen LogP contribution in [0.1, 0.15) is 29.5 Å². The van der Waals surface area contributed by atoms with Gasteiger partial charge < -0.3 is 0 Å². The fraction of sp³-hybridized carbons (Fsp3) is 0.222. The molecule has 3 rings (SSSR count). The summed E-state index contributed by atoms with van der Waals surface area (Å²) in [4.78, 5) is 11.9. The van der Waals surface area contributed by atoms with Crippen LogP contribution >= 0.6 is 0 Å². The average Bonchev–Trinajstić information content (AvgIpc) is 2.55. The number of hydrazone groups is 1. The highest BCUT2D eigenvalue weighted by molar-refractivity contribution is 6.03. The third-order valence-corrected chi connectivity index (χ3v) is 3.78. The number of benzene rings is 2. The number of fused-ring (bicyclic) bond motifs is 1. The minimum absolute atomic E-state index is 0.192. The molecular weight excluding hydrogens is 279 g/mol. The Bertz CT molecular complexity index is 707. The smallest absolute Gasteiger partial charge is 0.244 e. The molecule has 0 radical (unpaired) electrons. The normalized spacial score (nSPS) is 15.4. The van der Waals surface area contributed by atoms with Gasteiger partial charge in [0, 0.05) is 5.56 Å². The molecule has 0 saturated carbocycles. The third kappa shape index (κ3) is 3.39. The van der Waals surface area contributed by atoms with Gasteiger partial charge in [0.2, 0.25) is 5.91 Å². The van der Waals surface area contributed by atoms with Crippen LogP contribution in [0.5, 0.6) is 0 Å². The molecule has 1 amide bonds. The highest BCUT2D eigenvalue weighted by atomic mass is 19.1. The Morgan fingerprint density at radius 2 is 1.86 bits per heavy atom. The zero-order valence-corrected chi connectivity index (χ0v) is 12.2. The van der Waals surface area contributed by atoms with Crippen LogP contribution in [0.15, 0.2) is 53.6 Å². The second kappa shape index (κ2) is 6.52. The van der Waals surface area contributed by atoms with Gasteiger partial charge in [-0.3, -0.25) is 4.79 Å². The van der Waals surface area contributed by atoms with Crippen LogP contribution in [0.4, 0.5) is 4.39 Å². The lowest BCUT2D eigenvalue weighted by Gasteiger charge is -2.17. The number of aryl methyl sites for hydroxylation is 1. The van der Waals surface area contributed by atoms with Gasteiger partial charge in [0.1, 0.15) is 5.82 Å². The van der Waals surface area contributed by atoms with Gasteiger partial charge in [-0.1, -0.05) is 36.4 Å². The average molecular weight is 296 g/mol. The van der Waals surface area contributed by atoms with Crippen molar-refractivity contribution in [3.8, 4) is 0 Å². The lowest BCUT2D eigenvalue weighted by Crippen LogP contribution is -2.23. The van der Waals surface area contributed by atoms with Crippen molar-refractivity contribution >= 4 is 11.6 Å². The molecule has 0 bridgehead atoms. The highest BCUT2D eigenvalue weighted by Gasteiger charge is 2.15. The molecule has 112 valence electrons. The van der Waals surface area contributed by atoms with E-state index < -0.39 is 0 Å². The number of halogens is 1. The molecule has 2 aromatic carbocycles. The van der Waals surface area contributed by atoms with Crippen molar-refractivity contribution < 1.29 is 9.18 Å². The summed E-state index contributed by atoms with van der Waals surface area (Å²) in [5.74, 6) is -0.495. The van der Waals surface area contributed by atoms with Crippen LogP contribution < -0.4 is 5.43 Å². The number of carbonyl (C=O) groups excluding carboxylic acids is 1. The minimum atomic E-state index is -0.303.